The van der Waals surface area contributed by atoms with Gasteiger partial charge in [0.05, 0.1) is 10.7 Å². The first kappa shape index (κ1) is 15.9. The van der Waals surface area contributed by atoms with Crippen LogP contribution >= 0.6 is 23.5 Å². The first-order chi connectivity index (χ1) is 9.40. The number of ether oxygens (including phenoxy) is 1. The molecule has 0 amide bonds. The van der Waals surface area contributed by atoms with Crippen molar-refractivity contribution in [2.24, 2.45) is 0 Å². The number of thioether (sulfide) groups is 2. The SMILES string of the molecule is CSC1(SC)CCOc2ccc(C#C[Si](C)(C)C)cc21. The van der Waals surface area contributed by atoms with Gasteiger partial charge in [0.2, 0.25) is 0 Å². The largest absolute Gasteiger partial charge is 0.493 e. The Balaban J connectivity index is 2.45. The predicted octanol–water partition coefficient (Wildman–Crippen LogP) is 4.58. The van der Waals surface area contributed by atoms with E-state index in [1.165, 1.54) is 5.56 Å². The van der Waals surface area contributed by atoms with E-state index in [2.05, 4.69) is 61.8 Å². The molecule has 0 N–H and O–H groups in total. The molecule has 1 nitrogen and oxygen atoms in total. The minimum Gasteiger partial charge on any atom is -0.493 e. The van der Waals surface area contributed by atoms with Crippen LogP contribution < -0.4 is 4.74 Å². The summed E-state index contributed by atoms with van der Waals surface area (Å²) in [4.78, 5) is 0. The van der Waals surface area contributed by atoms with Crippen molar-refractivity contribution in [1.82, 2.24) is 0 Å². The summed E-state index contributed by atoms with van der Waals surface area (Å²) in [5.74, 6) is 4.38. The van der Waals surface area contributed by atoms with E-state index in [0.717, 1.165) is 24.3 Å². The average Bonchev–Trinajstić information content (AvgIpc) is 2.43. The summed E-state index contributed by atoms with van der Waals surface area (Å²) in [6.45, 7) is 7.62. The van der Waals surface area contributed by atoms with Crippen LogP contribution in [0.2, 0.25) is 19.6 Å². The quantitative estimate of drug-likeness (QED) is 0.448. The van der Waals surface area contributed by atoms with Crippen LogP contribution in [0, 0.1) is 11.5 Å². The van der Waals surface area contributed by atoms with Crippen molar-refractivity contribution >= 4 is 31.6 Å². The fourth-order valence-electron chi connectivity index (χ4n) is 2.23. The molecule has 1 aliphatic heterocycles. The first-order valence-electron chi connectivity index (χ1n) is 6.81. The summed E-state index contributed by atoms with van der Waals surface area (Å²) in [6, 6.07) is 6.40. The van der Waals surface area contributed by atoms with Crippen LogP contribution in [0.1, 0.15) is 17.5 Å². The zero-order valence-corrected chi connectivity index (χ0v) is 15.5. The van der Waals surface area contributed by atoms with E-state index in [1.54, 1.807) is 0 Å². The maximum absolute atomic E-state index is 5.82. The number of rotatable bonds is 2. The summed E-state index contributed by atoms with van der Waals surface area (Å²) >= 11 is 3.82. The molecule has 0 saturated carbocycles. The Kier molecular flexibility index (Phi) is 4.83. The molecule has 0 atom stereocenters. The van der Waals surface area contributed by atoms with E-state index in [0.29, 0.717) is 0 Å². The van der Waals surface area contributed by atoms with Gasteiger partial charge in [-0.1, -0.05) is 25.6 Å². The standard InChI is InChI=1S/C16H22OS2Si/c1-18-16(19-2)9-10-17-15-7-6-13(12-14(15)16)8-11-20(3,4)5/h6-7,12H,9-10H2,1-5H3. The minimum absolute atomic E-state index is 0.116. The van der Waals surface area contributed by atoms with Gasteiger partial charge in [0, 0.05) is 17.5 Å². The van der Waals surface area contributed by atoms with Crippen LogP contribution in [0.5, 0.6) is 5.75 Å². The smallest absolute Gasteiger partial charge is 0.129 e. The molecule has 0 fully saturated rings. The van der Waals surface area contributed by atoms with Crippen LogP contribution in [-0.4, -0.2) is 27.2 Å². The van der Waals surface area contributed by atoms with Gasteiger partial charge in [0.1, 0.15) is 13.8 Å². The molecule has 20 heavy (non-hydrogen) atoms. The van der Waals surface area contributed by atoms with Crippen LogP contribution in [-0.2, 0) is 4.08 Å². The second-order valence-corrected chi connectivity index (χ2v) is 13.2. The number of hydrogen-bond donors (Lipinski definition) is 0. The molecular formula is C16H22OS2Si. The molecule has 4 heteroatoms. The highest BCUT2D eigenvalue weighted by Crippen LogP contribution is 2.52. The molecular weight excluding hydrogens is 300 g/mol. The van der Waals surface area contributed by atoms with Crippen LogP contribution in [0.3, 0.4) is 0 Å². The number of benzene rings is 1. The lowest BCUT2D eigenvalue weighted by Crippen LogP contribution is -2.26. The third-order valence-corrected chi connectivity index (χ3v) is 7.36. The molecule has 1 heterocycles. The van der Waals surface area contributed by atoms with Gasteiger partial charge >= 0.3 is 0 Å². The van der Waals surface area contributed by atoms with Gasteiger partial charge in [-0.3, -0.25) is 0 Å². The lowest BCUT2D eigenvalue weighted by Gasteiger charge is -2.36. The third kappa shape index (κ3) is 3.39. The normalized spacial score (nSPS) is 16.6. The van der Waals surface area contributed by atoms with E-state index in [9.17, 15) is 0 Å². The fourth-order valence-corrected chi connectivity index (χ4v) is 4.75. The molecule has 0 radical (unpaired) electrons. The van der Waals surface area contributed by atoms with Crippen molar-refractivity contribution in [3.05, 3.63) is 29.3 Å². The van der Waals surface area contributed by atoms with Crippen LogP contribution in [0.15, 0.2) is 18.2 Å². The highest BCUT2D eigenvalue weighted by molar-refractivity contribution is 8.16. The number of fused-ring (bicyclic) bond motifs is 1. The predicted molar refractivity (Wildman–Crippen MR) is 95.5 cm³/mol. The Hall–Kier alpha value is -0.503. The minimum atomic E-state index is -1.33. The van der Waals surface area contributed by atoms with Crippen LogP contribution in [0.4, 0.5) is 0 Å². The van der Waals surface area contributed by atoms with Crippen molar-refractivity contribution in [3.63, 3.8) is 0 Å². The first-order valence-corrected chi connectivity index (χ1v) is 12.8. The van der Waals surface area contributed by atoms with E-state index in [4.69, 9.17) is 4.74 Å². The van der Waals surface area contributed by atoms with Crippen LogP contribution in [0.25, 0.3) is 0 Å². The van der Waals surface area contributed by atoms with Gasteiger partial charge in [-0.25, -0.2) is 0 Å². The molecule has 1 aliphatic rings. The molecule has 0 bridgehead atoms. The molecule has 0 aliphatic carbocycles. The Morgan fingerprint density at radius 2 is 1.90 bits per heavy atom. The van der Waals surface area contributed by atoms with E-state index in [-0.39, 0.29) is 4.08 Å². The second-order valence-electron chi connectivity index (χ2n) is 5.97. The van der Waals surface area contributed by atoms with Gasteiger partial charge in [0.15, 0.2) is 0 Å². The molecule has 0 spiro atoms. The maximum atomic E-state index is 5.82. The Morgan fingerprint density at radius 3 is 2.50 bits per heavy atom. The van der Waals surface area contributed by atoms with Crippen molar-refractivity contribution in [3.8, 4) is 17.2 Å². The van der Waals surface area contributed by atoms with Gasteiger partial charge in [-0.2, -0.15) is 0 Å². The number of hydrogen-bond acceptors (Lipinski definition) is 3. The summed E-state index contributed by atoms with van der Waals surface area (Å²) in [5, 5.41) is 0. The highest BCUT2D eigenvalue weighted by atomic mass is 32.2. The maximum Gasteiger partial charge on any atom is 0.129 e. The zero-order chi connectivity index (χ0) is 14.8. The van der Waals surface area contributed by atoms with Gasteiger partial charge in [-0.15, -0.1) is 29.1 Å². The van der Waals surface area contributed by atoms with Crippen molar-refractivity contribution in [1.29, 1.82) is 0 Å². The lowest BCUT2D eigenvalue weighted by molar-refractivity contribution is 0.280. The summed E-state index contributed by atoms with van der Waals surface area (Å²) in [7, 11) is -1.33. The highest BCUT2D eigenvalue weighted by Gasteiger charge is 2.36. The van der Waals surface area contributed by atoms with Gasteiger partial charge in [-0.05, 0) is 30.7 Å². The Labute approximate surface area is 132 Å². The fraction of sp³-hybridized carbons (Fsp3) is 0.500. The monoisotopic (exact) mass is 322 g/mol. The van der Waals surface area contributed by atoms with E-state index in [1.807, 2.05) is 23.5 Å². The molecule has 108 valence electrons. The Morgan fingerprint density at radius 1 is 1.20 bits per heavy atom. The van der Waals surface area contributed by atoms with Crippen molar-refractivity contribution in [2.45, 2.75) is 30.1 Å². The summed E-state index contributed by atoms with van der Waals surface area (Å²) in [5.41, 5.74) is 5.86. The molecule has 0 aromatic heterocycles. The third-order valence-electron chi connectivity index (χ3n) is 3.32. The van der Waals surface area contributed by atoms with Gasteiger partial charge < -0.3 is 4.74 Å². The summed E-state index contributed by atoms with van der Waals surface area (Å²) in [6.07, 6.45) is 5.42. The van der Waals surface area contributed by atoms with E-state index < -0.39 is 8.07 Å². The van der Waals surface area contributed by atoms with Crippen molar-refractivity contribution < 1.29 is 4.74 Å². The summed E-state index contributed by atoms with van der Waals surface area (Å²) < 4.78 is 5.93. The molecule has 1 aromatic rings. The average molecular weight is 323 g/mol. The molecule has 2 rings (SSSR count). The lowest BCUT2D eigenvalue weighted by atomic mass is 10.0. The zero-order valence-electron chi connectivity index (χ0n) is 12.9. The topological polar surface area (TPSA) is 9.23 Å². The van der Waals surface area contributed by atoms with E-state index >= 15 is 0 Å². The second kappa shape index (κ2) is 6.09. The molecule has 1 aromatic carbocycles. The molecule has 0 unspecified atom stereocenters. The van der Waals surface area contributed by atoms with Gasteiger partial charge in [0.25, 0.3) is 0 Å². The van der Waals surface area contributed by atoms with Crippen molar-refractivity contribution in [2.75, 3.05) is 19.1 Å². The Bertz CT molecular complexity index is 548. The molecule has 0 saturated heterocycles.